The van der Waals surface area contributed by atoms with E-state index in [0.717, 1.165) is 61.9 Å². The number of rotatable bonds is 3. The van der Waals surface area contributed by atoms with Crippen LogP contribution in [0.25, 0.3) is 32.8 Å². The predicted molar refractivity (Wildman–Crippen MR) is 137 cm³/mol. The number of anilines is 1. The average Bonchev–Trinajstić information content (AvgIpc) is 3.36. The molecule has 1 atom stereocenters. The van der Waals surface area contributed by atoms with E-state index in [1.54, 1.807) is 7.11 Å². The highest BCUT2D eigenvalue weighted by Gasteiger charge is 2.27. The molecular formula is C28H26N4O2. The highest BCUT2D eigenvalue weighted by atomic mass is 16.5. The summed E-state index contributed by atoms with van der Waals surface area (Å²) in [5.41, 5.74) is 8.19. The minimum Gasteiger partial charge on any atom is -0.496 e. The molecule has 170 valence electrons. The normalized spacial score (nSPS) is 15.3. The van der Waals surface area contributed by atoms with Crippen molar-refractivity contribution in [3.63, 3.8) is 0 Å². The summed E-state index contributed by atoms with van der Waals surface area (Å²) >= 11 is 0. The lowest BCUT2D eigenvalue weighted by molar-refractivity contribution is 0.393. The van der Waals surface area contributed by atoms with Gasteiger partial charge < -0.3 is 19.6 Å². The monoisotopic (exact) mass is 450 g/mol. The lowest BCUT2D eigenvalue weighted by atomic mass is 9.92. The van der Waals surface area contributed by atoms with Gasteiger partial charge in [-0.2, -0.15) is 0 Å². The molecule has 0 spiro atoms. The Morgan fingerprint density at radius 3 is 2.44 bits per heavy atom. The van der Waals surface area contributed by atoms with Crippen LogP contribution in [0, 0.1) is 20.8 Å². The van der Waals surface area contributed by atoms with Crippen molar-refractivity contribution >= 4 is 33.2 Å². The fourth-order valence-electron chi connectivity index (χ4n) is 5.17. The number of aromatic amines is 1. The molecule has 6 heteroatoms. The molecule has 0 saturated carbocycles. The smallest absolute Gasteiger partial charge is 0.141 e. The van der Waals surface area contributed by atoms with Crippen LogP contribution in [0.2, 0.25) is 0 Å². The van der Waals surface area contributed by atoms with Gasteiger partial charge in [-0.25, -0.2) is 0 Å². The molecule has 0 amide bonds. The lowest BCUT2D eigenvalue weighted by Gasteiger charge is -2.22. The van der Waals surface area contributed by atoms with Gasteiger partial charge in [-0.15, -0.1) is 0 Å². The van der Waals surface area contributed by atoms with Gasteiger partial charge in [0, 0.05) is 22.0 Å². The average molecular weight is 451 g/mol. The SMILES string of the molecule is COc1cc2c3c([nH]c2cc1-c1c(C)noc1C)NC(C)N=C3c1ccc(C)c2ccccc12. The number of nitrogens with one attached hydrogen (secondary N) is 2. The number of fused-ring (bicyclic) bond motifs is 4. The van der Waals surface area contributed by atoms with Gasteiger partial charge >= 0.3 is 0 Å². The first kappa shape index (κ1) is 20.5. The van der Waals surface area contributed by atoms with Gasteiger partial charge in [0.05, 0.1) is 29.6 Å². The number of aromatic nitrogens is 2. The van der Waals surface area contributed by atoms with Gasteiger partial charge in [-0.05, 0) is 56.2 Å². The van der Waals surface area contributed by atoms with Crippen LogP contribution in [0.1, 0.15) is 35.1 Å². The molecule has 1 aliphatic heterocycles. The molecule has 1 unspecified atom stereocenters. The number of aryl methyl sites for hydroxylation is 3. The van der Waals surface area contributed by atoms with E-state index in [1.165, 1.54) is 16.3 Å². The molecule has 0 fully saturated rings. The topological polar surface area (TPSA) is 75.4 Å². The highest BCUT2D eigenvalue weighted by molar-refractivity contribution is 6.27. The Morgan fingerprint density at radius 2 is 1.71 bits per heavy atom. The molecule has 5 aromatic rings. The summed E-state index contributed by atoms with van der Waals surface area (Å²) < 4.78 is 11.3. The number of hydrogen-bond acceptors (Lipinski definition) is 5. The Kier molecular flexibility index (Phi) is 4.52. The van der Waals surface area contributed by atoms with E-state index < -0.39 is 0 Å². The molecule has 6 nitrogen and oxygen atoms in total. The number of benzene rings is 3. The molecule has 2 aromatic heterocycles. The van der Waals surface area contributed by atoms with Gasteiger partial charge in [0.15, 0.2) is 0 Å². The Morgan fingerprint density at radius 1 is 0.912 bits per heavy atom. The van der Waals surface area contributed by atoms with E-state index in [9.17, 15) is 0 Å². The van der Waals surface area contributed by atoms with E-state index in [4.69, 9.17) is 14.3 Å². The van der Waals surface area contributed by atoms with Gasteiger partial charge in [0.25, 0.3) is 0 Å². The minimum absolute atomic E-state index is 0.0560. The Labute approximate surface area is 197 Å². The first-order valence-electron chi connectivity index (χ1n) is 11.5. The molecule has 0 radical (unpaired) electrons. The maximum atomic E-state index is 5.85. The second kappa shape index (κ2) is 7.48. The molecule has 1 aliphatic rings. The first-order valence-corrected chi connectivity index (χ1v) is 11.5. The van der Waals surface area contributed by atoms with E-state index in [0.29, 0.717) is 0 Å². The zero-order chi connectivity index (χ0) is 23.6. The van der Waals surface area contributed by atoms with Crippen LogP contribution in [0.5, 0.6) is 5.75 Å². The zero-order valence-corrected chi connectivity index (χ0v) is 19.9. The van der Waals surface area contributed by atoms with Crippen molar-refractivity contribution in [2.45, 2.75) is 33.9 Å². The summed E-state index contributed by atoms with van der Waals surface area (Å²) in [6, 6.07) is 17.1. The highest BCUT2D eigenvalue weighted by Crippen LogP contribution is 2.42. The maximum absolute atomic E-state index is 5.85. The summed E-state index contributed by atoms with van der Waals surface area (Å²) in [5.74, 6) is 2.51. The molecule has 3 heterocycles. The summed E-state index contributed by atoms with van der Waals surface area (Å²) in [6.45, 7) is 8.10. The quantitative estimate of drug-likeness (QED) is 0.328. The Bertz CT molecular complexity index is 1600. The van der Waals surface area contributed by atoms with Crippen LogP contribution in [0.15, 0.2) is 58.0 Å². The third kappa shape index (κ3) is 2.95. The molecule has 34 heavy (non-hydrogen) atoms. The van der Waals surface area contributed by atoms with Crippen molar-refractivity contribution in [2.24, 2.45) is 4.99 Å². The summed E-state index contributed by atoms with van der Waals surface area (Å²) in [4.78, 5) is 8.67. The van der Waals surface area contributed by atoms with Gasteiger partial charge in [0.2, 0.25) is 0 Å². The third-order valence-electron chi connectivity index (χ3n) is 6.73. The number of hydrogen-bond donors (Lipinski definition) is 2. The molecule has 6 rings (SSSR count). The van der Waals surface area contributed by atoms with Crippen molar-refractivity contribution in [3.05, 3.63) is 76.7 Å². The fourth-order valence-corrected chi connectivity index (χ4v) is 5.17. The van der Waals surface area contributed by atoms with E-state index >= 15 is 0 Å². The standard InChI is InChI=1S/C28H26N4O2/c1-14-10-11-20(19-9-7-6-8-18(14)19)27-26-21-13-24(33-5)22(25-15(2)32-34-16(25)3)12-23(21)31-28(26)30-17(4)29-27/h6-13,17,30-31H,1-5H3. The fraction of sp³-hybridized carbons (Fsp3) is 0.214. The molecule has 0 saturated heterocycles. The molecule has 0 aliphatic carbocycles. The van der Waals surface area contributed by atoms with Crippen LogP contribution < -0.4 is 10.1 Å². The van der Waals surface area contributed by atoms with Crippen LogP contribution in [-0.4, -0.2) is 29.1 Å². The second-order valence-electron chi connectivity index (χ2n) is 8.95. The van der Waals surface area contributed by atoms with Gasteiger partial charge in [-0.1, -0.05) is 41.6 Å². The van der Waals surface area contributed by atoms with Crippen LogP contribution in [0.4, 0.5) is 5.82 Å². The van der Waals surface area contributed by atoms with Crippen molar-refractivity contribution in [1.82, 2.24) is 10.1 Å². The van der Waals surface area contributed by atoms with E-state index in [2.05, 4.69) is 77.8 Å². The minimum atomic E-state index is -0.0560. The van der Waals surface area contributed by atoms with Crippen molar-refractivity contribution < 1.29 is 9.26 Å². The van der Waals surface area contributed by atoms with Crippen LogP contribution in [0.3, 0.4) is 0 Å². The number of ether oxygens (including phenoxy) is 1. The van der Waals surface area contributed by atoms with Gasteiger partial charge in [-0.3, -0.25) is 4.99 Å². The lowest BCUT2D eigenvalue weighted by Crippen LogP contribution is -2.23. The van der Waals surface area contributed by atoms with Crippen molar-refractivity contribution in [1.29, 1.82) is 0 Å². The second-order valence-corrected chi connectivity index (χ2v) is 8.95. The Balaban J connectivity index is 1.63. The number of methoxy groups -OCH3 is 1. The molecular weight excluding hydrogens is 424 g/mol. The molecule has 2 N–H and O–H groups in total. The summed E-state index contributed by atoms with van der Waals surface area (Å²) in [5, 5.41) is 11.2. The summed E-state index contributed by atoms with van der Waals surface area (Å²) in [7, 11) is 1.70. The zero-order valence-electron chi connectivity index (χ0n) is 19.9. The Hall–Kier alpha value is -4.06. The summed E-state index contributed by atoms with van der Waals surface area (Å²) in [6.07, 6.45) is -0.0560. The number of aliphatic imine (C=N–C) groups is 1. The maximum Gasteiger partial charge on any atom is 0.141 e. The van der Waals surface area contributed by atoms with Gasteiger partial charge in [0.1, 0.15) is 23.5 Å². The van der Waals surface area contributed by atoms with E-state index in [-0.39, 0.29) is 6.17 Å². The van der Waals surface area contributed by atoms with Crippen molar-refractivity contribution in [2.75, 3.05) is 12.4 Å². The molecule has 3 aromatic carbocycles. The van der Waals surface area contributed by atoms with Crippen molar-refractivity contribution in [3.8, 4) is 16.9 Å². The number of nitrogens with zero attached hydrogens (tertiary/aromatic N) is 2. The van der Waals surface area contributed by atoms with Crippen LogP contribution >= 0.6 is 0 Å². The van der Waals surface area contributed by atoms with E-state index in [1.807, 2.05) is 13.8 Å². The predicted octanol–water partition coefficient (Wildman–Crippen LogP) is 6.52. The first-order chi connectivity index (χ1) is 16.5. The third-order valence-corrected chi connectivity index (χ3v) is 6.73. The number of H-pyrrole nitrogens is 1. The largest absolute Gasteiger partial charge is 0.496 e. The molecule has 0 bridgehead atoms. The van der Waals surface area contributed by atoms with Crippen LogP contribution in [-0.2, 0) is 0 Å².